The van der Waals surface area contributed by atoms with E-state index in [1.807, 2.05) is 0 Å². The molecule has 1 aliphatic carbocycles. The molecule has 0 unspecified atom stereocenters. The summed E-state index contributed by atoms with van der Waals surface area (Å²) in [6, 6.07) is 0.629. The third-order valence-corrected chi connectivity index (χ3v) is 4.25. The van der Waals surface area contributed by atoms with E-state index in [2.05, 4.69) is 31.4 Å². The Bertz CT molecular complexity index is 183. The van der Waals surface area contributed by atoms with Crippen LogP contribution in [-0.4, -0.2) is 25.7 Å². The molecule has 0 radical (unpaired) electrons. The van der Waals surface area contributed by atoms with Crippen LogP contribution in [0.1, 0.15) is 65.7 Å². The van der Waals surface area contributed by atoms with Gasteiger partial charge in [-0.05, 0) is 50.6 Å². The molecule has 0 heterocycles. The average molecular weight is 240 g/mol. The summed E-state index contributed by atoms with van der Waals surface area (Å²) >= 11 is 0. The first-order valence-corrected chi connectivity index (χ1v) is 7.63. The standard InChI is InChI=1S/C15H32N2/c1-4-15(9-5-6-10-15)13-16-11-7-8-12-17-14(2)3/h14,16-17H,4-13H2,1-3H3. The predicted molar refractivity (Wildman–Crippen MR) is 76.4 cm³/mol. The summed E-state index contributed by atoms with van der Waals surface area (Å²) in [6.45, 7) is 10.4. The van der Waals surface area contributed by atoms with Gasteiger partial charge in [-0.2, -0.15) is 0 Å². The van der Waals surface area contributed by atoms with Crippen molar-refractivity contribution in [3.05, 3.63) is 0 Å². The van der Waals surface area contributed by atoms with Crippen LogP contribution in [0.2, 0.25) is 0 Å². The first-order chi connectivity index (χ1) is 8.18. The smallest absolute Gasteiger partial charge is 0.00103 e. The Kier molecular flexibility index (Phi) is 7.14. The van der Waals surface area contributed by atoms with E-state index >= 15 is 0 Å². The maximum atomic E-state index is 3.68. The lowest BCUT2D eigenvalue weighted by Crippen LogP contribution is -2.32. The molecular formula is C15H32N2. The van der Waals surface area contributed by atoms with Gasteiger partial charge in [-0.15, -0.1) is 0 Å². The monoisotopic (exact) mass is 240 g/mol. The van der Waals surface area contributed by atoms with Gasteiger partial charge >= 0.3 is 0 Å². The Morgan fingerprint density at radius 1 is 1.06 bits per heavy atom. The highest BCUT2D eigenvalue weighted by Gasteiger charge is 2.31. The van der Waals surface area contributed by atoms with Crippen molar-refractivity contribution in [1.82, 2.24) is 10.6 Å². The highest BCUT2D eigenvalue weighted by Crippen LogP contribution is 2.40. The second-order valence-corrected chi connectivity index (χ2v) is 6.05. The predicted octanol–water partition coefficient (Wildman–Crippen LogP) is 3.32. The lowest BCUT2D eigenvalue weighted by atomic mass is 9.83. The van der Waals surface area contributed by atoms with Gasteiger partial charge in [0, 0.05) is 12.6 Å². The Morgan fingerprint density at radius 2 is 1.71 bits per heavy atom. The van der Waals surface area contributed by atoms with E-state index < -0.39 is 0 Å². The zero-order valence-corrected chi connectivity index (χ0v) is 12.1. The lowest BCUT2D eigenvalue weighted by Gasteiger charge is -2.27. The summed E-state index contributed by atoms with van der Waals surface area (Å²) in [5.74, 6) is 0. The van der Waals surface area contributed by atoms with Crippen molar-refractivity contribution < 1.29 is 0 Å². The molecule has 2 nitrogen and oxygen atoms in total. The molecule has 0 aliphatic heterocycles. The Hall–Kier alpha value is -0.0800. The fourth-order valence-electron chi connectivity index (χ4n) is 2.90. The molecule has 0 aromatic heterocycles. The van der Waals surface area contributed by atoms with Gasteiger partial charge in [-0.1, -0.05) is 33.6 Å². The van der Waals surface area contributed by atoms with Gasteiger partial charge in [0.25, 0.3) is 0 Å². The first-order valence-electron chi connectivity index (χ1n) is 7.63. The van der Waals surface area contributed by atoms with Crippen molar-refractivity contribution in [2.75, 3.05) is 19.6 Å². The van der Waals surface area contributed by atoms with Crippen molar-refractivity contribution >= 4 is 0 Å². The fraction of sp³-hybridized carbons (Fsp3) is 1.00. The summed E-state index contributed by atoms with van der Waals surface area (Å²) in [4.78, 5) is 0. The van der Waals surface area contributed by atoms with Crippen molar-refractivity contribution in [1.29, 1.82) is 0 Å². The summed E-state index contributed by atoms with van der Waals surface area (Å²) < 4.78 is 0. The molecule has 0 aromatic rings. The largest absolute Gasteiger partial charge is 0.316 e. The minimum atomic E-state index is 0.629. The molecule has 0 bridgehead atoms. The molecule has 1 aliphatic rings. The maximum Gasteiger partial charge on any atom is 0.00103 e. The van der Waals surface area contributed by atoms with Crippen LogP contribution in [-0.2, 0) is 0 Å². The fourth-order valence-corrected chi connectivity index (χ4v) is 2.90. The van der Waals surface area contributed by atoms with E-state index in [1.165, 1.54) is 58.0 Å². The van der Waals surface area contributed by atoms with Crippen molar-refractivity contribution in [3.8, 4) is 0 Å². The normalized spacial score (nSPS) is 19.1. The zero-order chi connectivity index (χ0) is 12.6. The number of unbranched alkanes of at least 4 members (excludes halogenated alkanes) is 1. The number of nitrogens with one attached hydrogen (secondary N) is 2. The van der Waals surface area contributed by atoms with Gasteiger partial charge in [0.15, 0.2) is 0 Å². The van der Waals surface area contributed by atoms with Gasteiger partial charge in [0.05, 0.1) is 0 Å². The molecule has 2 N–H and O–H groups in total. The molecule has 17 heavy (non-hydrogen) atoms. The molecule has 1 fully saturated rings. The minimum absolute atomic E-state index is 0.629. The SMILES string of the molecule is CCC1(CNCCCCNC(C)C)CCCC1. The van der Waals surface area contributed by atoms with E-state index in [0.29, 0.717) is 11.5 Å². The quantitative estimate of drug-likeness (QED) is 0.604. The zero-order valence-electron chi connectivity index (χ0n) is 12.1. The van der Waals surface area contributed by atoms with E-state index in [9.17, 15) is 0 Å². The summed E-state index contributed by atoms with van der Waals surface area (Å²) in [5.41, 5.74) is 0.649. The molecule has 0 amide bonds. The molecule has 2 heteroatoms. The number of hydrogen-bond acceptors (Lipinski definition) is 2. The van der Waals surface area contributed by atoms with Crippen LogP contribution >= 0.6 is 0 Å². The highest BCUT2D eigenvalue weighted by molar-refractivity contribution is 4.85. The molecule has 1 rings (SSSR count). The second kappa shape index (κ2) is 8.10. The van der Waals surface area contributed by atoms with Gasteiger partial charge < -0.3 is 10.6 Å². The molecule has 0 aromatic carbocycles. The van der Waals surface area contributed by atoms with Crippen LogP contribution in [0.15, 0.2) is 0 Å². The molecule has 1 saturated carbocycles. The van der Waals surface area contributed by atoms with Gasteiger partial charge in [0.1, 0.15) is 0 Å². The lowest BCUT2D eigenvalue weighted by molar-refractivity contribution is 0.268. The Morgan fingerprint density at radius 3 is 2.29 bits per heavy atom. The van der Waals surface area contributed by atoms with Gasteiger partial charge in [-0.25, -0.2) is 0 Å². The Labute approximate surface area is 108 Å². The molecule has 0 atom stereocenters. The Balaban J connectivity index is 1.96. The first kappa shape index (κ1) is 15.0. The highest BCUT2D eigenvalue weighted by atomic mass is 14.9. The third kappa shape index (κ3) is 5.87. The van der Waals surface area contributed by atoms with E-state index in [-0.39, 0.29) is 0 Å². The van der Waals surface area contributed by atoms with E-state index in [1.54, 1.807) is 0 Å². The topological polar surface area (TPSA) is 24.1 Å². The second-order valence-electron chi connectivity index (χ2n) is 6.05. The molecular weight excluding hydrogens is 208 g/mol. The van der Waals surface area contributed by atoms with Crippen LogP contribution in [0.4, 0.5) is 0 Å². The number of hydrogen-bond donors (Lipinski definition) is 2. The van der Waals surface area contributed by atoms with E-state index in [0.717, 1.165) is 6.54 Å². The minimum Gasteiger partial charge on any atom is -0.316 e. The van der Waals surface area contributed by atoms with Crippen molar-refractivity contribution in [2.45, 2.75) is 71.8 Å². The van der Waals surface area contributed by atoms with Crippen LogP contribution in [0.3, 0.4) is 0 Å². The molecule has 0 saturated heterocycles. The van der Waals surface area contributed by atoms with E-state index in [4.69, 9.17) is 0 Å². The number of rotatable bonds is 9. The summed E-state index contributed by atoms with van der Waals surface area (Å²) in [7, 11) is 0. The van der Waals surface area contributed by atoms with Crippen LogP contribution in [0, 0.1) is 5.41 Å². The van der Waals surface area contributed by atoms with Crippen LogP contribution < -0.4 is 10.6 Å². The maximum absolute atomic E-state index is 3.68. The summed E-state index contributed by atoms with van der Waals surface area (Å²) in [6.07, 6.45) is 9.76. The molecule has 0 spiro atoms. The van der Waals surface area contributed by atoms with Gasteiger partial charge in [0.2, 0.25) is 0 Å². The third-order valence-electron chi connectivity index (χ3n) is 4.25. The summed E-state index contributed by atoms with van der Waals surface area (Å²) in [5, 5.41) is 7.15. The molecule has 102 valence electrons. The average Bonchev–Trinajstić information content (AvgIpc) is 2.77. The van der Waals surface area contributed by atoms with Gasteiger partial charge in [-0.3, -0.25) is 0 Å². The van der Waals surface area contributed by atoms with Crippen molar-refractivity contribution in [3.63, 3.8) is 0 Å². The van der Waals surface area contributed by atoms with Crippen molar-refractivity contribution in [2.24, 2.45) is 5.41 Å². The van der Waals surface area contributed by atoms with Crippen LogP contribution in [0.5, 0.6) is 0 Å². The van der Waals surface area contributed by atoms with Crippen LogP contribution in [0.25, 0.3) is 0 Å².